The molecule has 0 radical (unpaired) electrons. The summed E-state index contributed by atoms with van der Waals surface area (Å²) in [5, 5.41) is 11.8. The van der Waals surface area contributed by atoms with Crippen LogP contribution in [0, 0.1) is 0 Å². The van der Waals surface area contributed by atoms with Crippen LogP contribution in [0.2, 0.25) is 0 Å². The Hall–Kier alpha value is -1.84. The fraction of sp³-hybridized carbons (Fsp3) is 0.273. The van der Waals surface area contributed by atoms with Crippen LogP contribution >= 0.6 is 0 Å². The maximum atomic E-state index is 11.8. The number of carbonyl (C=O) groups is 1. The molecule has 0 saturated heterocycles. The summed E-state index contributed by atoms with van der Waals surface area (Å²) >= 11 is 0. The number of methoxy groups -OCH3 is 1. The van der Waals surface area contributed by atoms with E-state index in [1.807, 2.05) is 19.1 Å². The molecule has 0 amide bonds. The SMILES string of the molecule is COc1cccc2c1C(=O)/C(=N\O)C2C. The van der Waals surface area contributed by atoms with Gasteiger partial charge in [0.2, 0.25) is 5.78 Å². The third-order valence-electron chi connectivity index (χ3n) is 2.72. The van der Waals surface area contributed by atoms with Crippen molar-refractivity contribution in [3.8, 4) is 5.75 Å². The van der Waals surface area contributed by atoms with Crippen molar-refractivity contribution in [1.29, 1.82) is 0 Å². The summed E-state index contributed by atoms with van der Waals surface area (Å²) in [6, 6.07) is 5.39. The van der Waals surface area contributed by atoms with E-state index in [9.17, 15) is 4.79 Å². The first-order chi connectivity index (χ1) is 7.20. The summed E-state index contributed by atoms with van der Waals surface area (Å²) < 4.78 is 5.11. The number of Topliss-reactive ketones (excluding diaryl/α,β-unsaturated/α-hetero) is 1. The zero-order chi connectivity index (χ0) is 11.0. The molecule has 1 aliphatic rings. The normalized spacial score (nSPS) is 21.9. The lowest BCUT2D eigenvalue weighted by atomic mass is 10.0. The first-order valence-electron chi connectivity index (χ1n) is 4.64. The molecule has 1 aliphatic carbocycles. The lowest BCUT2D eigenvalue weighted by Gasteiger charge is -2.05. The molecule has 0 saturated carbocycles. The summed E-state index contributed by atoms with van der Waals surface area (Å²) in [7, 11) is 1.52. The molecule has 4 nitrogen and oxygen atoms in total. The minimum atomic E-state index is -0.252. The molecular weight excluding hydrogens is 194 g/mol. The molecule has 0 spiro atoms. The lowest BCUT2D eigenvalue weighted by Crippen LogP contribution is -2.10. The van der Waals surface area contributed by atoms with E-state index in [4.69, 9.17) is 9.94 Å². The summed E-state index contributed by atoms with van der Waals surface area (Å²) in [6.45, 7) is 1.83. The van der Waals surface area contributed by atoms with E-state index in [0.29, 0.717) is 11.3 Å². The number of carbonyl (C=O) groups excluding carboxylic acids is 1. The quantitative estimate of drug-likeness (QED) is 0.562. The van der Waals surface area contributed by atoms with Crippen molar-refractivity contribution in [3.05, 3.63) is 29.3 Å². The van der Waals surface area contributed by atoms with Crippen LogP contribution in [0.5, 0.6) is 5.75 Å². The van der Waals surface area contributed by atoms with Gasteiger partial charge in [-0.2, -0.15) is 0 Å². The molecule has 4 heteroatoms. The average Bonchev–Trinajstić information content (AvgIpc) is 2.51. The number of oxime groups is 1. The molecule has 1 unspecified atom stereocenters. The van der Waals surface area contributed by atoms with E-state index in [0.717, 1.165) is 5.56 Å². The fourth-order valence-electron chi connectivity index (χ4n) is 1.93. The molecular formula is C11H11NO3. The monoisotopic (exact) mass is 205 g/mol. The van der Waals surface area contributed by atoms with Gasteiger partial charge in [0, 0.05) is 5.92 Å². The highest BCUT2D eigenvalue weighted by Crippen LogP contribution is 2.36. The second kappa shape index (κ2) is 3.38. The number of hydrogen-bond donors (Lipinski definition) is 1. The van der Waals surface area contributed by atoms with Gasteiger partial charge in [0.15, 0.2) is 0 Å². The van der Waals surface area contributed by atoms with Crippen LogP contribution in [0.4, 0.5) is 0 Å². The van der Waals surface area contributed by atoms with Crippen molar-refractivity contribution in [3.63, 3.8) is 0 Å². The van der Waals surface area contributed by atoms with E-state index in [1.165, 1.54) is 7.11 Å². The van der Waals surface area contributed by atoms with Gasteiger partial charge in [-0.25, -0.2) is 0 Å². The van der Waals surface area contributed by atoms with Crippen LogP contribution in [0.25, 0.3) is 0 Å². The van der Waals surface area contributed by atoms with Gasteiger partial charge in [-0.15, -0.1) is 0 Å². The molecule has 0 aliphatic heterocycles. The fourth-order valence-corrected chi connectivity index (χ4v) is 1.93. The zero-order valence-electron chi connectivity index (χ0n) is 8.52. The Kier molecular flexibility index (Phi) is 2.19. The van der Waals surface area contributed by atoms with Crippen LogP contribution in [0.1, 0.15) is 28.8 Å². The molecule has 0 heterocycles. The van der Waals surface area contributed by atoms with Crippen LogP contribution in [-0.4, -0.2) is 23.8 Å². The first kappa shape index (κ1) is 9.71. The van der Waals surface area contributed by atoms with Crippen molar-refractivity contribution in [2.75, 3.05) is 7.11 Å². The number of nitrogens with zero attached hydrogens (tertiary/aromatic N) is 1. The van der Waals surface area contributed by atoms with E-state index in [2.05, 4.69) is 5.16 Å². The van der Waals surface area contributed by atoms with Crippen molar-refractivity contribution in [2.24, 2.45) is 5.16 Å². The van der Waals surface area contributed by atoms with Gasteiger partial charge in [-0.3, -0.25) is 4.79 Å². The second-order valence-electron chi connectivity index (χ2n) is 3.46. The van der Waals surface area contributed by atoms with E-state index in [-0.39, 0.29) is 17.4 Å². The highest BCUT2D eigenvalue weighted by Gasteiger charge is 2.36. The second-order valence-corrected chi connectivity index (χ2v) is 3.46. The smallest absolute Gasteiger partial charge is 0.215 e. The molecule has 0 fully saturated rings. The van der Waals surface area contributed by atoms with E-state index in [1.54, 1.807) is 6.07 Å². The minimum absolute atomic E-state index is 0.174. The number of fused-ring (bicyclic) bond motifs is 1. The molecule has 1 N–H and O–H groups in total. The van der Waals surface area contributed by atoms with Gasteiger partial charge in [-0.1, -0.05) is 24.2 Å². The number of benzene rings is 1. The van der Waals surface area contributed by atoms with Gasteiger partial charge in [0.1, 0.15) is 11.5 Å². The number of rotatable bonds is 1. The Morgan fingerprint density at radius 3 is 2.80 bits per heavy atom. The van der Waals surface area contributed by atoms with Crippen molar-refractivity contribution >= 4 is 11.5 Å². The number of ketones is 1. The van der Waals surface area contributed by atoms with Crippen LogP contribution in [0.3, 0.4) is 0 Å². The maximum absolute atomic E-state index is 11.8. The van der Waals surface area contributed by atoms with Gasteiger partial charge < -0.3 is 9.94 Å². The largest absolute Gasteiger partial charge is 0.496 e. The third-order valence-corrected chi connectivity index (χ3v) is 2.72. The van der Waals surface area contributed by atoms with Gasteiger partial charge >= 0.3 is 0 Å². The van der Waals surface area contributed by atoms with Crippen LogP contribution in [0.15, 0.2) is 23.4 Å². The molecule has 1 aromatic carbocycles. The predicted octanol–water partition coefficient (Wildman–Crippen LogP) is 1.83. The molecule has 15 heavy (non-hydrogen) atoms. The predicted molar refractivity (Wildman–Crippen MR) is 55.0 cm³/mol. The molecule has 2 rings (SSSR count). The minimum Gasteiger partial charge on any atom is -0.496 e. The Labute approximate surface area is 87.2 Å². The maximum Gasteiger partial charge on any atom is 0.215 e. The molecule has 0 aromatic heterocycles. The number of hydrogen-bond acceptors (Lipinski definition) is 4. The summed E-state index contributed by atoms with van der Waals surface area (Å²) in [5.74, 6) is 0.105. The van der Waals surface area contributed by atoms with E-state index < -0.39 is 0 Å². The lowest BCUT2D eigenvalue weighted by molar-refractivity contribution is 0.106. The Morgan fingerprint density at radius 1 is 1.47 bits per heavy atom. The highest BCUT2D eigenvalue weighted by molar-refractivity contribution is 6.51. The number of ether oxygens (including phenoxy) is 1. The van der Waals surface area contributed by atoms with Gasteiger partial charge in [-0.05, 0) is 11.6 Å². The first-order valence-corrected chi connectivity index (χ1v) is 4.64. The van der Waals surface area contributed by atoms with Crippen LogP contribution in [-0.2, 0) is 0 Å². The standard InChI is InChI=1S/C11H11NO3/c1-6-7-4-3-5-8(15-2)9(7)11(13)10(6)12-14/h3-6,14H,1-2H3/b12-10-. The van der Waals surface area contributed by atoms with Crippen molar-refractivity contribution in [2.45, 2.75) is 12.8 Å². The van der Waals surface area contributed by atoms with E-state index >= 15 is 0 Å². The Balaban J connectivity index is 2.67. The molecule has 1 atom stereocenters. The third kappa shape index (κ3) is 1.21. The van der Waals surface area contributed by atoms with Crippen molar-refractivity contribution < 1.29 is 14.7 Å². The zero-order valence-corrected chi connectivity index (χ0v) is 8.52. The highest BCUT2D eigenvalue weighted by atomic mass is 16.5. The van der Waals surface area contributed by atoms with Gasteiger partial charge in [0.25, 0.3) is 0 Å². The Morgan fingerprint density at radius 2 is 2.20 bits per heavy atom. The van der Waals surface area contributed by atoms with Crippen LogP contribution < -0.4 is 4.74 Å². The summed E-state index contributed by atoms with van der Waals surface area (Å²) in [5.41, 5.74) is 1.54. The molecule has 1 aromatic rings. The molecule has 0 bridgehead atoms. The topological polar surface area (TPSA) is 58.9 Å². The molecule has 78 valence electrons. The summed E-state index contributed by atoms with van der Waals surface area (Å²) in [4.78, 5) is 11.8. The Bertz CT molecular complexity index is 451. The average molecular weight is 205 g/mol. The van der Waals surface area contributed by atoms with Crippen molar-refractivity contribution in [1.82, 2.24) is 0 Å². The summed E-state index contributed by atoms with van der Waals surface area (Å²) in [6.07, 6.45) is 0. The van der Waals surface area contributed by atoms with Gasteiger partial charge in [0.05, 0.1) is 12.7 Å².